The van der Waals surface area contributed by atoms with E-state index in [4.69, 9.17) is 0 Å². The van der Waals surface area contributed by atoms with Crippen LogP contribution < -0.4 is 5.32 Å². The second kappa shape index (κ2) is 7.77. The predicted octanol–water partition coefficient (Wildman–Crippen LogP) is 2.14. The fourth-order valence-corrected chi connectivity index (χ4v) is 1.93. The van der Waals surface area contributed by atoms with E-state index >= 15 is 0 Å². The number of aryl methyl sites for hydroxylation is 1. The molecule has 1 aromatic heterocycles. The van der Waals surface area contributed by atoms with Crippen LogP contribution in [0.5, 0.6) is 0 Å². The zero-order valence-electron chi connectivity index (χ0n) is 9.70. The number of rotatable bonds is 8. The number of hydrogen-bond donors (Lipinski definition) is 1. The van der Waals surface area contributed by atoms with E-state index in [1.165, 1.54) is 17.9 Å². The summed E-state index contributed by atoms with van der Waals surface area (Å²) in [7, 11) is 0. The highest BCUT2D eigenvalue weighted by Gasteiger charge is 1.99. The molecule has 0 amide bonds. The van der Waals surface area contributed by atoms with Crippen LogP contribution in [-0.4, -0.2) is 28.1 Å². The molecule has 15 heavy (non-hydrogen) atoms. The van der Waals surface area contributed by atoms with Crippen molar-refractivity contribution in [1.29, 1.82) is 0 Å². The molecule has 0 unspecified atom stereocenters. The monoisotopic (exact) mass is 227 g/mol. The van der Waals surface area contributed by atoms with Crippen LogP contribution in [0.25, 0.3) is 0 Å². The highest BCUT2D eigenvalue weighted by Crippen LogP contribution is 2.00. The average molecular weight is 227 g/mol. The van der Waals surface area contributed by atoms with Gasteiger partial charge in [-0.15, -0.1) is 0 Å². The van der Waals surface area contributed by atoms with Gasteiger partial charge in [0, 0.05) is 19.3 Å². The Morgan fingerprint density at radius 1 is 1.53 bits per heavy atom. The summed E-state index contributed by atoms with van der Waals surface area (Å²) in [6.07, 6.45) is 8.43. The first-order chi connectivity index (χ1) is 7.38. The molecule has 0 aliphatic rings. The Morgan fingerprint density at radius 2 is 2.40 bits per heavy atom. The average Bonchev–Trinajstić information content (AvgIpc) is 2.66. The number of thioether (sulfide) groups is 1. The van der Waals surface area contributed by atoms with Crippen LogP contribution in [0.1, 0.15) is 25.5 Å². The molecule has 0 radical (unpaired) electrons. The van der Waals surface area contributed by atoms with Crippen LogP contribution in [-0.2, 0) is 13.1 Å². The molecule has 3 nitrogen and oxygen atoms in total. The van der Waals surface area contributed by atoms with Gasteiger partial charge in [-0.25, -0.2) is 4.98 Å². The van der Waals surface area contributed by atoms with E-state index < -0.39 is 0 Å². The van der Waals surface area contributed by atoms with Crippen molar-refractivity contribution in [3.63, 3.8) is 0 Å². The lowest BCUT2D eigenvalue weighted by molar-refractivity contribution is 0.599. The summed E-state index contributed by atoms with van der Waals surface area (Å²) in [6.45, 7) is 5.30. The Morgan fingerprint density at radius 3 is 3.13 bits per heavy atom. The van der Waals surface area contributed by atoms with Crippen molar-refractivity contribution in [3.8, 4) is 0 Å². The molecule has 0 fully saturated rings. The van der Waals surface area contributed by atoms with Gasteiger partial charge in [-0.2, -0.15) is 11.8 Å². The Balaban J connectivity index is 2.21. The van der Waals surface area contributed by atoms with E-state index in [0.717, 1.165) is 26.1 Å². The second-order valence-corrected chi connectivity index (χ2v) is 4.59. The third-order valence-electron chi connectivity index (χ3n) is 2.27. The van der Waals surface area contributed by atoms with Crippen LogP contribution in [0.4, 0.5) is 0 Å². The Bertz CT molecular complexity index is 260. The van der Waals surface area contributed by atoms with Gasteiger partial charge in [0.2, 0.25) is 0 Å². The number of aromatic nitrogens is 2. The first-order valence-electron chi connectivity index (χ1n) is 5.57. The summed E-state index contributed by atoms with van der Waals surface area (Å²) in [5, 5.41) is 3.45. The zero-order valence-corrected chi connectivity index (χ0v) is 10.5. The van der Waals surface area contributed by atoms with Gasteiger partial charge in [-0.3, -0.25) is 0 Å². The summed E-state index contributed by atoms with van der Waals surface area (Å²) < 4.78 is 2.22. The van der Waals surface area contributed by atoms with Crippen molar-refractivity contribution >= 4 is 11.8 Å². The van der Waals surface area contributed by atoms with Gasteiger partial charge in [0.25, 0.3) is 0 Å². The van der Waals surface area contributed by atoms with Crippen molar-refractivity contribution in [2.75, 3.05) is 18.6 Å². The standard InChI is InChI=1S/C11H21N3S/c1-3-6-14-10-13-9-11(14)8-12-5-4-7-15-2/h9-10,12H,3-8H2,1-2H3. The molecule has 0 aliphatic heterocycles. The van der Waals surface area contributed by atoms with Gasteiger partial charge < -0.3 is 9.88 Å². The summed E-state index contributed by atoms with van der Waals surface area (Å²) >= 11 is 1.90. The lowest BCUT2D eigenvalue weighted by atomic mass is 10.4. The van der Waals surface area contributed by atoms with Crippen LogP contribution in [0, 0.1) is 0 Å². The predicted molar refractivity (Wildman–Crippen MR) is 67.2 cm³/mol. The maximum atomic E-state index is 4.17. The minimum Gasteiger partial charge on any atom is -0.333 e. The molecular formula is C11H21N3S. The maximum Gasteiger partial charge on any atom is 0.0948 e. The third-order valence-corrected chi connectivity index (χ3v) is 2.97. The third kappa shape index (κ3) is 4.71. The molecule has 0 spiro atoms. The van der Waals surface area contributed by atoms with Gasteiger partial charge >= 0.3 is 0 Å². The topological polar surface area (TPSA) is 29.9 Å². The van der Waals surface area contributed by atoms with Gasteiger partial charge in [0.05, 0.1) is 12.0 Å². The van der Waals surface area contributed by atoms with Crippen molar-refractivity contribution in [2.24, 2.45) is 0 Å². The molecule has 1 heterocycles. The molecule has 4 heteroatoms. The van der Waals surface area contributed by atoms with E-state index in [1.807, 2.05) is 24.3 Å². The summed E-state index contributed by atoms with van der Waals surface area (Å²) in [5.41, 5.74) is 1.29. The van der Waals surface area contributed by atoms with Crippen molar-refractivity contribution in [2.45, 2.75) is 32.9 Å². The fraction of sp³-hybridized carbons (Fsp3) is 0.727. The highest BCUT2D eigenvalue weighted by atomic mass is 32.2. The summed E-state index contributed by atoms with van der Waals surface area (Å²) in [5.74, 6) is 1.24. The van der Waals surface area contributed by atoms with E-state index in [-0.39, 0.29) is 0 Å². The molecule has 86 valence electrons. The zero-order chi connectivity index (χ0) is 10.9. The molecule has 1 N–H and O–H groups in total. The van der Waals surface area contributed by atoms with E-state index in [2.05, 4.69) is 28.0 Å². The van der Waals surface area contributed by atoms with Gasteiger partial charge in [0.15, 0.2) is 0 Å². The molecule has 0 atom stereocenters. The highest BCUT2D eigenvalue weighted by molar-refractivity contribution is 7.98. The van der Waals surface area contributed by atoms with E-state index in [0.29, 0.717) is 0 Å². The van der Waals surface area contributed by atoms with Gasteiger partial charge in [0.1, 0.15) is 0 Å². The Labute approximate surface area is 96.7 Å². The van der Waals surface area contributed by atoms with Gasteiger partial charge in [-0.1, -0.05) is 6.92 Å². The smallest absolute Gasteiger partial charge is 0.0948 e. The van der Waals surface area contributed by atoms with Gasteiger partial charge in [-0.05, 0) is 31.4 Å². The summed E-state index contributed by atoms with van der Waals surface area (Å²) in [4.78, 5) is 4.17. The molecule has 1 rings (SSSR count). The molecule has 0 bridgehead atoms. The Hall–Kier alpha value is -0.480. The van der Waals surface area contributed by atoms with E-state index in [1.54, 1.807) is 0 Å². The number of nitrogens with zero attached hydrogens (tertiary/aromatic N) is 2. The molecule has 1 aromatic rings. The minimum atomic E-state index is 0.939. The Kier molecular flexibility index (Phi) is 6.52. The number of imidazole rings is 1. The SMILES string of the molecule is CCCn1cncc1CNCCCSC. The van der Waals surface area contributed by atoms with Crippen LogP contribution in [0.15, 0.2) is 12.5 Å². The molecule has 0 aliphatic carbocycles. The molecular weight excluding hydrogens is 206 g/mol. The van der Waals surface area contributed by atoms with Crippen molar-refractivity contribution in [3.05, 3.63) is 18.2 Å². The van der Waals surface area contributed by atoms with Crippen molar-refractivity contribution < 1.29 is 0 Å². The molecule has 0 aromatic carbocycles. The lowest BCUT2D eigenvalue weighted by Crippen LogP contribution is -2.17. The first kappa shape index (κ1) is 12.6. The summed E-state index contributed by atoms with van der Waals surface area (Å²) in [6, 6.07) is 0. The lowest BCUT2D eigenvalue weighted by Gasteiger charge is -2.07. The minimum absolute atomic E-state index is 0.939. The molecule has 0 saturated heterocycles. The van der Waals surface area contributed by atoms with Crippen LogP contribution >= 0.6 is 11.8 Å². The molecule has 0 saturated carbocycles. The largest absolute Gasteiger partial charge is 0.333 e. The van der Waals surface area contributed by atoms with Crippen LogP contribution in [0.2, 0.25) is 0 Å². The number of nitrogens with one attached hydrogen (secondary N) is 1. The fourth-order valence-electron chi connectivity index (χ4n) is 1.50. The quantitative estimate of drug-likeness (QED) is 0.690. The van der Waals surface area contributed by atoms with Crippen molar-refractivity contribution in [1.82, 2.24) is 14.9 Å². The first-order valence-corrected chi connectivity index (χ1v) is 6.96. The normalized spacial score (nSPS) is 10.8. The maximum absolute atomic E-state index is 4.17. The number of hydrogen-bond acceptors (Lipinski definition) is 3. The van der Waals surface area contributed by atoms with Crippen LogP contribution in [0.3, 0.4) is 0 Å². The van der Waals surface area contributed by atoms with E-state index in [9.17, 15) is 0 Å². The second-order valence-electron chi connectivity index (χ2n) is 3.60.